The fourth-order valence-electron chi connectivity index (χ4n) is 3.18. The molecule has 2 aromatic rings. The number of hydrogen-bond acceptors (Lipinski definition) is 4. The summed E-state index contributed by atoms with van der Waals surface area (Å²) in [4.78, 5) is 20.8. The lowest BCUT2D eigenvalue weighted by Gasteiger charge is -2.35. The van der Waals surface area contributed by atoms with Crippen LogP contribution in [0.1, 0.15) is 13.8 Å². The lowest BCUT2D eigenvalue weighted by Crippen LogP contribution is -2.49. The fourth-order valence-corrected chi connectivity index (χ4v) is 3.18. The van der Waals surface area contributed by atoms with Crippen molar-refractivity contribution in [2.75, 3.05) is 42.9 Å². The van der Waals surface area contributed by atoms with Crippen LogP contribution < -0.4 is 20.7 Å². The molecular formula is C22H30IN5O2. The van der Waals surface area contributed by atoms with Gasteiger partial charge in [0.2, 0.25) is 5.91 Å². The van der Waals surface area contributed by atoms with E-state index in [4.69, 9.17) is 10.5 Å². The normalized spacial score (nSPS) is 14.3. The van der Waals surface area contributed by atoms with E-state index in [0.29, 0.717) is 13.1 Å². The van der Waals surface area contributed by atoms with Gasteiger partial charge in [0.15, 0.2) is 5.96 Å². The Bertz CT molecular complexity index is 819. The molecule has 1 aliphatic rings. The average molecular weight is 523 g/mol. The standard InChI is InChI=1S/C22H29N5O2.HI/c1-17(2)29-20-10-8-18(9-11-20)25-22(23)24-16-21(28)27-14-12-26(13-15-27)19-6-4-3-5-7-19;/h3-11,17H,12-16H2,1-2H3,(H3,23,24,25);1H. The highest BCUT2D eigenvalue weighted by Gasteiger charge is 2.20. The van der Waals surface area contributed by atoms with Gasteiger partial charge in [0.1, 0.15) is 12.3 Å². The number of piperazine rings is 1. The molecule has 1 fully saturated rings. The molecule has 0 radical (unpaired) electrons. The smallest absolute Gasteiger partial charge is 0.244 e. The van der Waals surface area contributed by atoms with Crippen molar-refractivity contribution in [2.45, 2.75) is 20.0 Å². The van der Waals surface area contributed by atoms with Gasteiger partial charge in [-0.05, 0) is 50.2 Å². The molecule has 0 aromatic heterocycles. The molecule has 1 saturated heterocycles. The number of carbonyl (C=O) groups excluding carboxylic acids is 1. The van der Waals surface area contributed by atoms with Crippen LogP contribution in [-0.2, 0) is 4.79 Å². The van der Waals surface area contributed by atoms with Crippen molar-refractivity contribution in [1.29, 1.82) is 0 Å². The third-order valence-corrected chi connectivity index (χ3v) is 4.64. The lowest BCUT2D eigenvalue weighted by atomic mass is 10.2. The van der Waals surface area contributed by atoms with E-state index in [1.165, 1.54) is 5.69 Å². The fraction of sp³-hybridized carbons (Fsp3) is 0.364. The summed E-state index contributed by atoms with van der Waals surface area (Å²) in [5.41, 5.74) is 7.92. The van der Waals surface area contributed by atoms with Gasteiger partial charge in [-0.25, -0.2) is 4.99 Å². The molecule has 30 heavy (non-hydrogen) atoms. The number of guanidine groups is 1. The van der Waals surface area contributed by atoms with Gasteiger partial charge < -0.3 is 25.6 Å². The van der Waals surface area contributed by atoms with Gasteiger partial charge in [-0.1, -0.05) is 18.2 Å². The second-order valence-electron chi connectivity index (χ2n) is 7.22. The highest BCUT2D eigenvalue weighted by Crippen LogP contribution is 2.17. The molecule has 0 unspecified atom stereocenters. The first-order chi connectivity index (χ1) is 14.0. The number of aliphatic imine (C=N–C) groups is 1. The van der Waals surface area contributed by atoms with Crippen molar-refractivity contribution in [3.05, 3.63) is 54.6 Å². The van der Waals surface area contributed by atoms with E-state index in [1.54, 1.807) is 0 Å². The SMILES string of the molecule is CC(C)Oc1ccc(NC(N)=NCC(=O)N2CCN(c3ccccc3)CC2)cc1.I. The number of para-hydroxylation sites is 1. The molecule has 162 valence electrons. The van der Waals surface area contributed by atoms with Gasteiger partial charge in [0.25, 0.3) is 0 Å². The number of nitrogens with one attached hydrogen (secondary N) is 1. The molecule has 0 spiro atoms. The second kappa shape index (κ2) is 11.6. The number of benzene rings is 2. The van der Waals surface area contributed by atoms with Crippen LogP contribution in [0.4, 0.5) is 11.4 Å². The molecule has 0 saturated carbocycles. The van der Waals surface area contributed by atoms with Crippen LogP contribution in [-0.4, -0.2) is 55.6 Å². The number of amides is 1. The number of rotatable bonds is 6. The van der Waals surface area contributed by atoms with Crippen LogP contribution >= 0.6 is 24.0 Å². The third kappa shape index (κ3) is 7.08. The second-order valence-corrected chi connectivity index (χ2v) is 7.22. The van der Waals surface area contributed by atoms with Crippen LogP contribution in [0.3, 0.4) is 0 Å². The highest BCUT2D eigenvalue weighted by molar-refractivity contribution is 14.0. The summed E-state index contributed by atoms with van der Waals surface area (Å²) in [7, 11) is 0. The Balaban J connectivity index is 0.00000320. The summed E-state index contributed by atoms with van der Waals surface area (Å²) in [5.74, 6) is 1.01. The molecular weight excluding hydrogens is 493 g/mol. The Morgan fingerprint density at radius 3 is 2.30 bits per heavy atom. The minimum atomic E-state index is -0.0110. The number of carbonyl (C=O) groups is 1. The first-order valence-corrected chi connectivity index (χ1v) is 9.92. The molecule has 1 amide bonds. The Kier molecular flexibility index (Phi) is 9.22. The van der Waals surface area contributed by atoms with Crippen molar-refractivity contribution in [1.82, 2.24) is 4.90 Å². The van der Waals surface area contributed by atoms with E-state index in [0.717, 1.165) is 24.5 Å². The molecule has 0 aliphatic carbocycles. The van der Waals surface area contributed by atoms with Crippen LogP contribution in [0.15, 0.2) is 59.6 Å². The lowest BCUT2D eigenvalue weighted by molar-refractivity contribution is -0.129. The van der Waals surface area contributed by atoms with Crippen molar-refractivity contribution in [3.63, 3.8) is 0 Å². The third-order valence-electron chi connectivity index (χ3n) is 4.64. The summed E-state index contributed by atoms with van der Waals surface area (Å²) < 4.78 is 5.61. The van der Waals surface area contributed by atoms with Gasteiger partial charge in [-0.2, -0.15) is 0 Å². The Labute approximate surface area is 195 Å². The van der Waals surface area contributed by atoms with Gasteiger partial charge >= 0.3 is 0 Å². The van der Waals surface area contributed by atoms with E-state index in [1.807, 2.05) is 61.2 Å². The Morgan fingerprint density at radius 1 is 1.07 bits per heavy atom. The van der Waals surface area contributed by atoms with Gasteiger partial charge in [0.05, 0.1) is 6.10 Å². The zero-order valence-electron chi connectivity index (χ0n) is 17.5. The van der Waals surface area contributed by atoms with E-state index < -0.39 is 0 Å². The van der Waals surface area contributed by atoms with Crippen molar-refractivity contribution < 1.29 is 9.53 Å². The Hall–Kier alpha value is -2.49. The maximum Gasteiger partial charge on any atom is 0.244 e. The van der Waals surface area contributed by atoms with Crippen molar-refractivity contribution in [2.24, 2.45) is 10.7 Å². The van der Waals surface area contributed by atoms with Crippen LogP contribution in [0.5, 0.6) is 5.75 Å². The van der Waals surface area contributed by atoms with Crippen molar-refractivity contribution in [3.8, 4) is 5.75 Å². The number of hydrogen-bond donors (Lipinski definition) is 2. The number of halogens is 1. The number of ether oxygens (including phenoxy) is 1. The minimum absolute atomic E-state index is 0. The maximum atomic E-state index is 12.4. The quantitative estimate of drug-likeness (QED) is 0.346. The molecule has 8 heteroatoms. The molecule has 2 aromatic carbocycles. The summed E-state index contributed by atoms with van der Waals surface area (Å²) in [6, 6.07) is 17.7. The molecule has 3 N–H and O–H groups in total. The number of nitrogens with two attached hydrogens (primary N) is 1. The molecule has 1 heterocycles. The van der Waals surface area contributed by atoms with E-state index in [2.05, 4.69) is 27.3 Å². The first-order valence-electron chi connectivity index (χ1n) is 9.92. The molecule has 1 aliphatic heterocycles. The van der Waals surface area contributed by atoms with E-state index in [-0.39, 0.29) is 48.5 Å². The average Bonchev–Trinajstić information content (AvgIpc) is 2.74. The van der Waals surface area contributed by atoms with E-state index in [9.17, 15) is 4.79 Å². The Morgan fingerprint density at radius 2 is 1.70 bits per heavy atom. The summed E-state index contributed by atoms with van der Waals surface area (Å²) in [6.45, 7) is 7.02. The topological polar surface area (TPSA) is 83.2 Å². The molecule has 3 rings (SSSR count). The van der Waals surface area contributed by atoms with Gasteiger partial charge in [-0.3, -0.25) is 4.79 Å². The van der Waals surface area contributed by atoms with E-state index >= 15 is 0 Å². The number of nitrogens with zero attached hydrogens (tertiary/aromatic N) is 3. The molecule has 0 bridgehead atoms. The van der Waals surface area contributed by atoms with Crippen LogP contribution in [0.25, 0.3) is 0 Å². The van der Waals surface area contributed by atoms with Gasteiger partial charge in [-0.15, -0.1) is 24.0 Å². The minimum Gasteiger partial charge on any atom is -0.491 e. The monoisotopic (exact) mass is 523 g/mol. The highest BCUT2D eigenvalue weighted by atomic mass is 127. The molecule has 7 nitrogen and oxygen atoms in total. The van der Waals surface area contributed by atoms with Crippen molar-refractivity contribution >= 4 is 47.2 Å². The predicted octanol–water partition coefficient (Wildman–Crippen LogP) is 3.17. The largest absolute Gasteiger partial charge is 0.491 e. The number of anilines is 2. The maximum absolute atomic E-state index is 12.4. The zero-order chi connectivity index (χ0) is 20.6. The zero-order valence-corrected chi connectivity index (χ0v) is 19.8. The predicted molar refractivity (Wildman–Crippen MR) is 133 cm³/mol. The van der Waals surface area contributed by atoms with Gasteiger partial charge in [0, 0.05) is 37.6 Å². The molecule has 0 atom stereocenters. The summed E-state index contributed by atoms with van der Waals surface area (Å²) in [6.07, 6.45) is 0.126. The first kappa shape index (κ1) is 23.8. The summed E-state index contributed by atoms with van der Waals surface area (Å²) in [5, 5.41) is 3.00. The van der Waals surface area contributed by atoms with Crippen LogP contribution in [0, 0.1) is 0 Å². The van der Waals surface area contributed by atoms with Crippen LogP contribution in [0.2, 0.25) is 0 Å². The summed E-state index contributed by atoms with van der Waals surface area (Å²) >= 11 is 0.